The van der Waals surface area contributed by atoms with Crippen LogP contribution in [0.1, 0.15) is 15.9 Å². The first-order chi connectivity index (χ1) is 15.2. The quantitative estimate of drug-likeness (QED) is 0.189. The van der Waals surface area contributed by atoms with Crippen LogP contribution < -0.4 is 23.7 Å². The minimum Gasteiger partial charge on any atom is -0.492 e. The Morgan fingerprint density at radius 1 is 1.00 bits per heavy atom. The number of fused-ring (bicyclic) bond motifs is 1. The Hall–Kier alpha value is -2.75. The summed E-state index contributed by atoms with van der Waals surface area (Å²) in [6.07, 6.45) is 3.14. The van der Waals surface area contributed by atoms with E-state index in [1.807, 2.05) is 6.07 Å². The normalized spacial score (nSPS) is 12.2. The highest BCUT2D eigenvalue weighted by atomic mass is 79.9. The van der Waals surface area contributed by atoms with Crippen molar-refractivity contribution < 1.29 is 38.0 Å². The van der Waals surface area contributed by atoms with Gasteiger partial charge in [0.15, 0.2) is 30.9 Å². The minimum atomic E-state index is -0.299. The number of rotatable bonds is 12. The van der Waals surface area contributed by atoms with Crippen LogP contribution in [0, 0.1) is 0 Å². The number of benzene rings is 2. The van der Waals surface area contributed by atoms with E-state index in [0.29, 0.717) is 34.9 Å². The summed E-state index contributed by atoms with van der Waals surface area (Å²) in [5.41, 5.74) is 1.06. The molecule has 0 radical (unpaired) electrons. The van der Waals surface area contributed by atoms with Crippen LogP contribution >= 0.6 is 15.9 Å². The van der Waals surface area contributed by atoms with Crippen molar-refractivity contribution in [1.82, 2.24) is 0 Å². The lowest BCUT2D eigenvalue weighted by atomic mass is 10.1. The van der Waals surface area contributed by atoms with Crippen molar-refractivity contribution in [2.75, 3.05) is 46.5 Å². The van der Waals surface area contributed by atoms with Gasteiger partial charge in [0.1, 0.15) is 22.8 Å². The molecule has 0 atom stereocenters. The second kappa shape index (κ2) is 11.6. The predicted molar refractivity (Wildman–Crippen MR) is 117 cm³/mol. The summed E-state index contributed by atoms with van der Waals surface area (Å²) in [6.45, 7) is 0.535. The van der Waals surface area contributed by atoms with Crippen molar-refractivity contribution in [1.29, 1.82) is 0 Å². The molecule has 1 aliphatic rings. The van der Waals surface area contributed by atoms with Crippen LogP contribution in [-0.2, 0) is 9.47 Å². The smallest absolute Gasteiger partial charge is 0.231 e. The van der Waals surface area contributed by atoms with Gasteiger partial charge in [0.25, 0.3) is 0 Å². The fourth-order valence-corrected chi connectivity index (χ4v) is 2.95. The van der Waals surface area contributed by atoms with Crippen LogP contribution in [-0.4, -0.2) is 52.3 Å². The van der Waals surface area contributed by atoms with E-state index >= 15 is 0 Å². The molecule has 0 unspecified atom stereocenters. The summed E-state index contributed by atoms with van der Waals surface area (Å²) in [5, 5.41) is 0.588. The molecule has 0 aromatic heterocycles. The van der Waals surface area contributed by atoms with Crippen molar-refractivity contribution in [2.45, 2.75) is 0 Å². The van der Waals surface area contributed by atoms with Gasteiger partial charge in [0, 0.05) is 31.7 Å². The van der Waals surface area contributed by atoms with Crippen molar-refractivity contribution >= 4 is 27.8 Å². The molecular formula is C22H23BrO8. The van der Waals surface area contributed by atoms with Gasteiger partial charge in [0.05, 0.1) is 6.61 Å². The molecule has 0 spiro atoms. The second-order valence-corrected chi connectivity index (χ2v) is 7.04. The SMILES string of the molecule is COCOc1cc(OCCBr)c(C(=O)/C=C/c2ccc3c(c2)OCO3)c(OCOC)c1. The molecule has 0 bridgehead atoms. The van der Waals surface area contributed by atoms with E-state index in [0.717, 1.165) is 5.56 Å². The maximum Gasteiger partial charge on any atom is 0.231 e. The molecule has 0 fully saturated rings. The molecular weight excluding hydrogens is 472 g/mol. The molecule has 2 aromatic rings. The maximum absolute atomic E-state index is 13.1. The van der Waals surface area contributed by atoms with E-state index in [4.69, 9.17) is 33.2 Å². The van der Waals surface area contributed by atoms with Crippen LogP contribution in [0.2, 0.25) is 0 Å². The van der Waals surface area contributed by atoms with Gasteiger partial charge < -0.3 is 33.2 Å². The number of ketones is 1. The Kier molecular flexibility index (Phi) is 8.57. The number of halogens is 1. The predicted octanol–water partition coefficient (Wildman–Crippen LogP) is 4.05. The summed E-state index contributed by atoms with van der Waals surface area (Å²) in [6, 6.07) is 8.66. The number of carbonyl (C=O) groups is 1. The molecule has 2 aromatic carbocycles. The molecule has 3 rings (SSSR count). The van der Waals surface area contributed by atoms with E-state index in [2.05, 4.69) is 15.9 Å². The minimum absolute atomic E-state index is 0.0406. The fraction of sp³-hybridized carbons (Fsp3) is 0.318. The number of hydrogen-bond acceptors (Lipinski definition) is 8. The molecule has 0 saturated carbocycles. The van der Waals surface area contributed by atoms with Crippen molar-refractivity contribution in [3.8, 4) is 28.7 Å². The van der Waals surface area contributed by atoms with E-state index in [9.17, 15) is 4.79 Å². The highest BCUT2D eigenvalue weighted by molar-refractivity contribution is 9.09. The van der Waals surface area contributed by atoms with Gasteiger partial charge in [-0.25, -0.2) is 0 Å². The van der Waals surface area contributed by atoms with Crippen LogP contribution in [0.4, 0.5) is 0 Å². The summed E-state index contributed by atoms with van der Waals surface area (Å²) >= 11 is 3.33. The van der Waals surface area contributed by atoms with Gasteiger partial charge in [-0.2, -0.15) is 0 Å². The molecule has 0 N–H and O–H groups in total. The Morgan fingerprint density at radius 2 is 1.71 bits per heavy atom. The number of methoxy groups -OCH3 is 2. The summed E-state index contributed by atoms with van der Waals surface area (Å²) in [5.74, 6) is 2.07. The largest absolute Gasteiger partial charge is 0.492 e. The van der Waals surface area contributed by atoms with E-state index in [-0.39, 0.29) is 37.5 Å². The van der Waals surface area contributed by atoms with Crippen LogP contribution in [0.15, 0.2) is 36.4 Å². The Balaban J connectivity index is 1.92. The lowest BCUT2D eigenvalue weighted by Crippen LogP contribution is -2.10. The van der Waals surface area contributed by atoms with Gasteiger partial charge >= 0.3 is 0 Å². The number of allylic oxidation sites excluding steroid dienone is 1. The lowest BCUT2D eigenvalue weighted by molar-refractivity contribution is 0.0452. The lowest BCUT2D eigenvalue weighted by Gasteiger charge is -2.16. The fourth-order valence-electron chi connectivity index (χ4n) is 2.79. The summed E-state index contributed by atoms with van der Waals surface area (Å²) in [7, 11) is 3.01. The molecule has 0 aliphatic carbocycles. The zero-order valence-corrected chi connectivity index (χ0v) is 18.8. The Morgan fingerprint density at radius 3 is 2.45 bits per heavy atom. The molecule has 166 valence electrons. The van der Waals surface area contributed by atoms with Gasteiger partial charge in [-0.05, 0) is 23.8 Å². The molecule has 0 amide bonds. The summed E-state index contributed by atoms with van der Waals surface area (Å²) < 4.78 is 37.6. The zero-order valence-electron chi connectivity index (χ0n) is 17.2. The van der Waals surface area contributed by atoms with Gasteiger partial charge in [-0.1, -0.05) is 28.1 Å². The van der Waals surface area contributed by atoms with E-state index in [1.165, 1.54) is 20.3 Å². The van der Waals surface area contributed by atoms with Crippen molar-refractivity contribution in [2.24, 2.45) is 0 Å². The van der Waals surface area contributed by atoms with E-state index in [1.54, 1.807) is 30.3 Å². The molecule has 1 aliphatic heterocycles. The monoisotopic (exact) mass is 494 g/mol. The van der Waals surface area contributed by atoms with Gasteiger partial charge in [-0.3, -0.25) is 4.79 Å². The molecule has 1 heterocycles. The third kappa shape index (κ3) is 6.13. The number of hydrogen-bond donors (Lipinski definition) is 0. The first kappa shape index (κ1) is 22.9. The van der Waals surface area contributed by atoms with Gasteiger partial charge in [-0.15, -0.1) is 0 Å². The van der Waals surface area contributed by atoms with Crippen LogP contribution in [0.25, 0.3) is 6.08 Å². The average molecular weight is 495 g/mol. The molecule has 9 heteroatoms. The highest BCUT2D eigenvalue weighted by Crippen LogP contribution is 2.36. The first-order valence-electron chi connectivity index (χ1n) is 9.38. The molecule has 31 heavy (non-hydrogen) atoms. The van der Waals surface area contributed by atoms with Crippen LogP contribution in [0.3, 0.4) is 0 Å². The van der Waals surface area contributed by atoms with Crippen molar-refractivity contribution in [3.63, 3.8) is 0 Å². The average Bonchev–Trinajstić information content (AvgIpc) is 3.26. The first-order valence-corrected chi connectivity index (χ1v) is 10.5. The highest BCUT2D eigenvalue weighted by Gasteiger charge is 2.20. The third-order valence-corrected chi connectivity index (χ3v) is 4.44. The maximum atomic E-state index is 13.1. The molecule has 0 saturated heterocycles. The number of alkyl halides is 1. The molecule has 8 nitrogen and oxygen atoms in total. The third-order valence-electron chi connectivity index (χ3n) is 4.12. The van der Waals surface area contributed by atoms with E-state index < -0.39 is 0 Å². The standard InChI is InChI=1S/C22H23BrO8/c1-25-12-28-16-10-20(27-8-7-23)22(21(11-16)29-13-26-2)17(24)5-3-15-4-6-18-19(9-15)31-14-30-18/h3-6,9-11H,7-8,12-14H2,1-2H3/b5-3+. The topological polar surface area (TPSA) is 81.7 Å². The number of ether oxygens (including phenoxy) is 7. The summed E-state index contributed by atoms with van der Waals surface area (Å²) in [4.78, 5) is 13.1. The Labute approximate surface area is 188 Å². The second-order valence-electron chi connectivity index (χ2n) is 6.24. The number of carbonyl (C=O) groups excluding carboxylic acids is 1. The van der Waals surface area contributed by atoms with Crippen molar-refractivity contribution in [3.05, 3.63) is 47.5 Å². The van der Waals surface area contributed by atoms with Crippen LogP contribution in [0.5, 0.6) is 28.7 Å². The van der Waals surface area contributed by atoms with Gasteiger partial charge in [0.2, 0.25) is 6.79 Å². The zero-order chi connectivity index (χ0) is 22.1. The Bertz CT molecular complexity index is 899.